The molecule has 1 N–H and O–H groups in total. The molecule has 1 spiro atoms. The average Bonchev–Trinajstić information content (AvgIpc) is 3.55. The van der Waals surface area contributed by atoms with Crippen LogP contribution in [0.5, 0.6) is 0 Å². The van der Waals surface area contributed by atoms with Gasteiger partial charge in [-0.3, -0.25) is 9.59 Å². The normalized spacial score (nSPS) is 21.5. The van der Waals surface area contributed by atoms with E-state index in [1.54, 1.807) is 24.3 Å². The van der Waals surface area contributed by atoms with Crippen LogP contribution in [0.1, 0.15) is 22.9 Å². The number of carbonyl (C=O) groups is 3. The van der Waals surface area contributed by atoms with E-state index in [1.165, 1.54) is 35.0 Å². The van der Waals surface area contributed by atoms with Crippen LogP contribution in [-0.2, 0) is 16.0 Å². The van der Waals surface area contributed by atoms with Crippen molar-refractivity contribution < 1.29 is 14.4 Å². The number of imide groups is 1. The largest absolute Gasteiger partial charge is 0.339 e. The van der Waals surface area contributed by atoms with Crippen LogP contribution in [0.25, 0.3) is 0 Å². The lowest BCUT2D eigenvalue weighted by molar-refractivity contribution is -0.130. The number of carbonyl (C=O) groups excluding carboxylic acids is 3. The smallest absolute Gasteiger partial charge is 0.332 e. The Kier molecular flexibility index (Phi) is 5.86. The van der Waals surface area contributed by atoms with Gasteiger partial charge in [-0.15, -0.1) is 10.2 Å². The summed E-state index contributed by atoms with van der Waals surface area (Å²) in [6.07, 6.45) is -0.119. The van der Waals surface area contributed by atoms with Crippen molar-refractivity contribution in [1.29, 1.82) is 5.26 Å². The van der Waals surface area contributed by atoms with E-state index < -0.39 is 23.4 Å². The molecule has 3 heterocycles. The quantitative estimate of drug-likeness (QED) is 0.516. The molecule has 11 nitrogen and oxygen atoms in total. The molecule has 4 amide bonds. The maximum atomic E-state index is 14.1. The summed E-state index contributed by atoms with van der Waals surface area (Å²) in [4.78, 5) is 44.7. The van der Waals surface area contributed by atoms with Crippen LogP contribution in [0.3, 0.4) is 0 Å². The molecule has 1 aromatic heterocycles. The highest BCUT2D eigenvalue weighted by atomic mass is 35.5. The molecule has 5 rings (SSSR count). The van der Waals surface area contributed by atoms with Gasteiger partial charge in [-0.05, 0) is 35.9 Å². The highest BCUT2D eigenvalue weighted by Crippen LogP contribution is 2.46. The Morgan fingerprint density at radius 1 is 1.19 bits per heavy atom. The molecule has 2 aliphatic rings. The number of amides is 4. The molecule has 0 aliphatic carbocycles. The number of benzene rings is 2. The van der Waals surface area contributed by atoms with E-state index in [2.05, 4.69) is 26.7 Å². The average molecular weight is 525 g/mol. The number of rotatable bonds is 4. The molecule has 2 unspecified atom stereocenters. The fourth-order valence-electron chi connectivity index (χ4n) is 4.90. The lowest BCUT2D eigenvalue weighted by Gasteiger charge is -2.33. The zero-order chi connectivity index (χ0) is 25.6. The Labute approximate surface area is 215 Å². The molecule has 0 radical (unpaired) electrons. The van der Waals surface area contributed by atoms with E-state index in [0.29, 0.717) is 11.1 Å². The van der Waals surface area contributed by atoms with Gasteiger partial charge in [-0.1, -0.05) is 40.5 Å². The van der Waals surface area contributed by atoms with Gasteiger partial charge in [0.2, 0.25) is 5.91 Å². The first kappa shape index (κ1) is 23.7. The summed E-state index contributed by atoms with van der Waals surface area (Å²) < 4.78 is 0. The predicted octanol–water partition coefficient (Wildman–Crippen LogP) is 2.38. The van der Waals surface area contributed by atoms with Crippen LogP contribution >= 0.6 is 23.2 Å². The van der Waals surface area contributed by atoms with Crippen molar-refractivity contribution in [2.45, 2.75) is 17.9 Å². The summed E-state index contributed by atoms with van der Waals surface area (Å²) in [7, 11) is 1.54. The first-order valence-corrected chi connectivity index (χ1v) is 11.6. The minimum absolute atomic E-state index is 0.0414. The lowest BCUT2D eigenvalue weighted by atomic mass is 9.80. The van der Waals surface area contributed by atoms with Crippen LogP contribution in [0, 0.1) is 11.3 Å². The van der Waals surface area contributed by atoms with Crippen LogP contribution in [0.2, 0.25) is 10.0 Å². The van der Waals surface area contributed by atoms with E-state index in [-0.39, 0.29) is 47.0 Å². The maximum Gasteiger partial charge on any atom is 0.332 e. The first-order chi connectivity index (χ1) is 17.2. The molecule has 2 aliphatic heterocycles. The number of anilines is 1. The van der Waals surface area contributed by atoms with Gasteiger partial charge < -0.3 is 9.80 Å². The fraction of sp³-hybridized carbons (Fsp3) is 0.261. The van der Waals surface area contributed by atoms with E-state index in [1.807, 2.05) is 0 Å². The van der Waals surface area contributed by atoms with Crippen molar-refractivity contribution >= 4 is 46.7 Å². The number of halogens is 2. The number of nitrogens with zero attached hydrogens (tertiary/aromatic N) is 7. The standard InChI is InChI=1S/C23H18Cl2N8O3/c1-31-22(36)33(17-7-15(24)6-16(25)8-17)21(35)23(31)12-32(20(34)9-19-27-29-30-28-19)11-18(23)14-4-2-13(10-26)3-5-14/h2-8,18H,9,11-12H2,1H3,(H,27,28,29,30). The van der Waals surface area contributed by atoms with Crippen molar-refractivity contribution in [3.63, 3.8) is 0 Å². The summed E-state index contributed by atoms with van der Waals surface area (Å²) in [6.45, 7) is 0.121. The Morgan fingerprint density at radius 3 is 2.50 bits per heavy atom. The van der Waals surface area contributed by atoms with Crippen LogP contribution in [-0.4, -0.2) is 73.9 Å². The number of urea groups is 1. The minimum Gasteiger partial charge on any atom is -0.339 e. The third-order valence-electron chi connectivity index (χ3n) is 6.66. The summed E-state index contributed by atoms with van der Waals surface area (Å²) in [6, 6.07) is 12.7. The lowest BCUT2D eigenvalue weighted by Crippen LogP contribution is -2.54. The van der Waals surface area contributed by atoms with E-state index in [4.69, 9.17) is 23.2 Å². The van der Waals surface area contributed by atoms with Gasteiger partial charge in [0.15, 0.2) is 5.82 Å². The molecule has 2 aromatic carbocycles. The fourth-order valence-corrected chi connectivity index (χ4v) is 5.41. The highest BCUT2D eigenvalue weighted by molar-refractivity contribution is 6.35. The molecular formula is C23H18Cl2N8O3. The Hall–Kier alpha value is -4.01. The summed E-state index contributed by atoms with van der Waals surface area (Å²) in [5.74, 6) is -1.17. The number of nitrogens with one attached hydrogen (secondary N) is 1. The van der Waals surface area contributed by atoms with E-state index in [0.717, 1.165) is 4.90 Å². The molecule has 182 valence electrons. The third kappa shape index (κ3) is 3.75. The Bertz CT molecular complexity index is 1390. The van der Waals surface area contributed by atoms with Gasteiger partial charge in [-0.25, -0.2) is 9.69 Å². The number of hydrogen-bond acceptors (Lipinski definition) is 7. The van der Waals surface area contributed by atoms with Crippen molar-refractivity contribution in [3.8, 4) is 6.07 Å². The van der Waals surface area contributed by atoms with Crippen molar-refractivity contribution in [3.05, 3.63) is 69.5 Å². The third-order valence-corrected chi connectivity index (χ3v) is 7.10. The van der Waals surface area contributed by atoms with Crippen LogP contribution in [0.15, 0.2) is 42.5 Å². The Morgan fingerprint density at radius 2 is 1.89 bits per heavy atom. The van der Waals surface area contributed by atoms with Gasteiger partial charge >= 0.3 is 6.03 Å². The van der Waals surface area contributed by atoms with Crippen LogP contribution < -0.4 is 4.90 Å². The summed E-state index contributed by atoms with van der Waals surface area (Å²) in [5, 5.41) is 23.2. The topological polar surface area (TPSA) is 139 Å². The summed E-state index contributed by atoms with van der Waals surface area (Å²) >= 11 is 12.3. The van der Waals surface area contributed by atoms with Gasteiger partial charge in [0.1, 0.15) is 5.54 Å². The van der Waals surface area contributed by atoms with Crippen molar-refractivity contribution in [1.82, 2.24) is 30.4 Å². The SMILES string of the molecule is CN1C(=O)N(c2cc(Cl)cc(Cl)c2)C(=O)C12CN(C(=O)Cc1nn[nH]n1)CC2c1ccc(C#N)cc1. The molecule has 2 fully saturated rings. The molecule has 0 saturated carbocycles. The van der Waals surface area contributed by atoms with E-state index in [9.17, 15) is 19.6 Å². The number of hydrogen-bond donors (Lipinski definition) is 1. The van der Waals surface area contributed by atoms with Gasteiger partial charge in [0.25, 0.3) is 5.91 Å². The zero-order valence-electron chi connectivity index (χ0n) is 18.9. The number of likely N-dealkylation sites (tertiary alicyclic amines) is 1. The summed E-state index contributed by atoms with van der Waals surface area (Å²) in [5.41, 5.74) is 0.00451. The zero-order valence-corrected chi connectivity index (χ0v) is 20.4. The second-order valence-corrected chi connectivity index (χ2v) is 9.47. The number of H-pyrrole nitrogens is 1. The second-order valence-electron chi connectivity index (χ2n) is 8.60. The Balaban J connectivity index is 1.58. The number of likely N-dealkylation sites (N-methyl/N-ethyl adjacent to an activating group) is 1. The number of tetrazole rings is 1. The highest BCUT2D eigenvalue weighted by Gasteiger charge is 2.65. The first-order valence-electron chi connectivity index (χ1n) is 10.8. The molecular weight excluding hydrogens is 507 g/mol. The van der Waals surface area contributed by atoms with Gasteiger partial charge in [-0.2, -0.15) is 10.5 Å². The molecule has 0 bridgehead atoms. The minimum atomic E-state index is -1.40. The van der Waals surface area contributed by atoms with Crippen molar-refractivity contribution in [2.24, 2.45) is 0 Å². The monoisotopic (exact) mass is 524 g/mol. The van der Waals surface area contributed by atoms with Gasteiger partial charge in [0.05, 0.1) is 30.3 Å². The second kappa shape index (κ2) is 8.89. The molecule has 36 heavy (non-hydrogen) atoms. The van der Waals surface area contributed by atoms with E-state index >= 15 is 0 Å². The predicted molar refractivity (Wildman–Crippen MR) is 128 cm³/mol. The molecule has 2 saturated heterocycles. The molecule has 3 aromatic rings. The molecule has 2 atom stereocenters. The number of aromatic nitrogens is 4. The molecule has 13 heteroatoms. The maximum absolute atomic E-state index is 14.1. The number of nitriles is 1. The number of aromatic amines is 1. The van der Waals surface area contributed by atoms with Crippen LogP contribution in [0.4, 0.5) is 10.5 Å². The van der Waals surface area contributed by atoms with Gasteiger partial charge in [0, 0.05) is 29.6 Å². The van der Waals surface area contributed by atoms with Crippen molar-refractivity contribution in [2.75, 3.05) is 25.0 Å².